The summed E-state index contributed by atoms with van der Waals surface area (Å²) in [5.74, 6) is 8.05. The van der Waals surface area contributed by atoms with E-state index < -0.39 is 23.9 Å². The van der Waals surface area contributed by atoms with Gasteiger partial charge in [-0.05, 0) is 109 Å². The lowest BCUT2D eigenvalue weighted by atomic mass is 9.47. The van der Waals surface area contributed by atoms with Crippen LogP contribution in [-0.4, -0.2) is 61.8 Å². The summed E-state index contributed by atoms with van der Waals surface area (Å²) in [6, 6.07) is -0.668. The van der Waals surface area contributed by atoms with Crippen molar-refractivity contribution in [3.63, 3.8) is 0 Å². The molecule has 1 aliphatic heterocycles. The maximum Gasteiger partial charge on any atom is 0.508 e. The van der Waals surface area contributed by atoms with Gasteiger partial charge in [0.2, 0.25) is 5.28 Å². The molecule has 2 aromatic heterocycles. The highest BCUT2D eigenvalue weighted by Crippen LogP contribution is 2.67. The number of nitrogens with two attached hydrogens (primary N) is 1. The van der Waals surface area contributed by atoms with Crippen LogP contribution >= 0.6 is 11.6 Å². The van der Waals surface area contributed by atoms with E-state index in [1.165, 1.54) is 50.4 Å². The third-order valence-corrected chi connectivity index (χ3v) is 15.2. The Balaban J connectivity index is 0.953. The zero-order valence-electron chi connectivity index (χ0n) is 31.8. The second-order valence-electron chi connectivity index (χ2n) is 17.8. The molecule has 5 aliphatic rings. The Kier molecular flexibility index (Phi) is 10.1. The van der Waals surface area contributed by atoms with E-state index in [2.05, 4.69) is 68.5 Å². The van der Waals surface area contributed by atoms with Gasteiger partial charge in [0.15, 0.2) is 17.1 Å². The summed E-state index contributed by atoms with van der Waals surface area (Å²) in [7, 11) is 0. The Morgan fingerprint density at radius 3 is 2.69 bits per heavy atom. The van der Waals surface area contributed by atoms with Crippen LogP contribution in [-0.2, 0) is 14.2 Å². The topological polar surface area (TPSA) is 135 Å². The summed E-state index contributed by atoms with van der Waals surface area (Å²) < 4.78 is 19.0. The molecule has 0 aromatic carbocycles. The SMILES string of the molecule is C#C[C@]1(COC(=O)O[C@H]2CC[C@@]3(C)C(=CCC4[C@@H]5CC[C@H]([C@H](C)CC[C@@H](C)C(C)C)[C@@]5(C)CC[C@@H]43)C2)OCC(n2cnc3c(N)nc(Cl)nc32)[C@@H]1O. The number of fused-ring (bicyclic) bond motifs is 6. The smallest absolute Gasteiger partial charge is 0.431 e. The number of terminal acetylenes is 1. The molecule has 3 N–H and O–H groups in total. The summed E-state index contributed by atoms with van der Waals surface area (Å²) in [6.45, 7) is 14.5. The van der Waals surface area contributed by atoms with Crippen molar-refractivity contribution in [1.29, 1.82) is 0 Å². The first kappa shape index (κ1) is 37.4. The number of halogens is 1. The lowest BCUT2D eigenvalue weighted by Crippen LogP contribution is -2.51. The molecule has 0 spiro atoms. The van der Waals surface area contributed by atoms with Gasteiger partial charge in [-0.1, -0.05) is 72.0 Å². The first-order valence-corrected chi connectivity index (χ1v) is 20.1. The van der Waals surface area contributed by atoms with E-state index in [-0.39, 0.29) is 35.8 Å². The van der Waals surface area contributed by atoms with Crippen LogP contribution in [0.4, 0.5) is 10.6 Å². The van der Waals surface area contributed by atoms with E-state index in [4.69, 9.17) is 38.0 Å². The van der Waals surface area contributed by atoms with Crippen molar-refractivity contribution in [3.8, 4) is 12.3 Å². The van der Waals surface area contributed by atoms with Crippen LogP contribution in [0.5, 0.6) is 0 Å². The molecule has 7 rings (SSSR count). The Morgan fingerprint density at radius 1 is 1.15 bits per heavy atom. The number of ether oxygens (including phenoxy) is 3. The van der Waals surface area contributed by atoms with Gasteiger partial charge in [0.25, 0.3) is 0 Å². The average Bonchev–Trinajstić information content (AvgIpc) is 3.79. The number of aliphatic hydroxyl groups excluding tert-OH is 1. The van der Waals surface area contributed by atoms with E-state index in [0.29, 0.717) is 22.5 Å². The molecule has 3 heterocycles. The van der Waals surface area contributed by atoms with Gasteiger partial charge in [0.05, 0.1) is 19.0 Å². The fourth-order valence-corrected chi connectivity index (χ4v) is 11.7. The molecule has 0 radical (unpaired) electrons. The Hall–Kier alpha value is -2.87. The molecule has 12 atom stereocenters. The lowest BCUT2D eigenvalue weighted by molar-refractivity contribution is -0.0784. The van der Waals surface area contributed by atoms with Crippen LogP contribution in [0.15, 0.2) is 18.0 Å². The van der Waals surface area contributed by atoms with Gasteiger partial charge in [-0.2, -0.15) is 9.97 Å². The number of hydrogen-bond acceptors (Lipinski definition) is 9. The van der Waals surface area contributed by atoms with Crippen LogP contribution in [0.1, 0.15) is 112 Å². The summed E-state index contributed by atoms with van der Waals surface area (Å²) in [5.41, 5.74) is 7.12. The third-order valence-electron chi connectivity index (χ3n) is 15.1. The van der Waals surface area contributed by atoms with E-state index in [1.807, 2.05) is 0 Å². The first-order chi connectivity index (χ1) is 24.7. The number of aromatic nitrogens is 4. The average molecular weight is 736 g/mol. The van der Waals surface area contributed by atoms with Crippen molar-refractivity contribution in [2.24, 2.45) is 52.3 Å². The molecule has 0 amide bonds. The number of aliphatic hydroxyl groups is 1. The van der Waals surface area contributed by atoms with Gasteiger partial charge in [-0.25, -0.2) is 9.78 Å². The van der Waals surface area contributed by atoms with Crippen molar-refractivity contribution >= 4 is 34.7 Å². The summed E-state index contributed by atoms with van der Waals surface area (Å²) in [6.07, 6.45) is 19.3. The fraction of sp³-hybridized carbons (Fsp3) is 0.756. The number of anilines is 1. The van der Waals surface area contributed by atoms with Gasteiger partial charge in [-0.15, -0.1) is 6.42 Å². The molecule has 2 unspecified atom stereocenters. The quantitative estimate of drug-likeness (QED) is 0.113. The second-order valence-corrected chi connectivity index (χ2v) is 18.2. The minimum absolute atomic E-state index is 0.0333. The molecular weight excluding hydrogens is 678 g/mol. The van der Waals surface area contributed by atoms with Crippen molar-refractivity contribution in [2.75, 3.05) is 18.9 Å². The highest BCUT2D eigenvalue weighted by molar-refractivity contribution is 6.28. The minimum Gasteiger partial charge on any atom is -0.431 e. The largest absolute Gasteiger partial charge is 0.508 e. The fourth-order valence-electron chi connectivity index (χ4n) is 11.5. The van der Waals surface area contributed by atoms with E-state index >= 15 is 0 Å². The van der Waals surface area contributed by atoms with Gasteiger partial charge in [-0.3, -0.25) is 0 Å². The van der Waals surface area contributed by atoms with Gasteiger partial charge >= 0.3 is 6.16 Å². The Labute approximate surface area is 314 Å². The number of nitrogens with zero attached hydrogens (tertiary/aromatic N) is 4. The number of nitrogen functional groups attached to an aromatic ring is 1. The zero-order valence-corrected chi connectivity index (χ0v) is 32.6. The Morgan fingerprint density at radius 2 is 1.94 bits per heavy atom. The van der Waals surface area contributed by atoms with Gasteiger partial charge in [0, 0.05) is 6.42 Å². The number of hydrogen-bond donors (Lipinski definition) is 2. The first-order valence-electron chi connectivity index (χ1n) is 19.7. The molecule has 0 bridgehead atoms. The minimum atomic E-state index is -1.58. The second kappa shape index (κ2) is 14.1. The highest BCUT2D eigenvalue weighted by Gasteiger charge is 2.59. The van der Waals surface area contributed by atoms with Crippen molar-refractivity contribution in [1.82, 2.24) is 19.5 Å². The summed E-state index contributed by atoms with van der Waals surface area (Å²) in [5, 5.41) is 11.3. The van der Waals surface area contributed by atoms with Gasteiger partial charge < -0.3 is 29.6 Å². The lowest BCUT2D eigenvalue weighted by Gasteiger charge is -2.58. The maximum absolute atomic E-state index is 13.1. The number of rotatable bonds is 9. The predicted molar refractivity (Wildman–Crippen MR) is 201 cm³/mol. The monoisotopic (exact) mass is 735 g/mol. The number of allylic oxidation sites excluding steroid dienone is 1. The molecule has 1 saturated heterocycles. The van der Waals surface area contributed by atoms with Crippen LogP contribution in [0.2, 0.25) is 5.28 Å². The summed E-state index contributed by atoms with van der Waals surface area (Å²) >= 11 is 6.04. The Bertz CT molecular complexity index is 1740. The molecule has 4 fully saturated rings. The number of carbonyl (C=O) groups is 1. The van der Waals surface area contributed by atoms with Gasteiger partial charge in [0.1, 0.15) is 24.3 Å². The van der Waals surface area contributed by atoms with Crippen LogP contribution in [0.3, 0.4) is 0 Å². The molecule has 52 heavy (non-hydrogen) atoms. The van der Waals surface area contributed by atoms with Crippen molar-refractivity contribution in [3.05, 3.63) is 23.3 Å². The molecular formula is C41H58ClN5O5. The van der Waals surface area contributed by atoms with Crippen molar-refractivity contribution in [2.45, 2.75) is 130 Å². The normalized spacial score (nSPS) is 38.2. The van der Waals surface area contributed by atoms with Crippen LogP contribution in [0, 0.1) is 64.6 Å². The van der Waals surface area contributed by atoms with Crippen LogP contribution in [0.25, 0.3) is 11.2 Å². The van der Waals surface area contributed by atoms with E-state index in [9.17, 15) is 9.90 Å². The molecule has 3 saturated carbocycles. The van der Waals surface area contributed by atoms with Crippen LogP contribution < -0.4 is 5.73 Å². The molecule has 2 aromatic rings. The van der Waals surface area contributed by atoms with E-state index in [0.717, 1.165) is 61.2 Å². The van der Waals surface area contributed by atoms with E-state index in [1.54, 1.807) is 4.57 Å². The maximum atomic E-state index is 13.1. The molecule has 284 valence electrons. The van der Waals surface area contributed by atoms with Crippen molar-refractivity contribution < 1.29 is 24.1 Å². The molecule has 4 aliphatic carbocycles. The number of carbonyl (C=O) groups excluding carboxylic acids is 1. The number of imidazole rings is 1. The third kappa shape index (κ3) is 6.30. The standard InChI is InChI=1S/C41H58ClN5O5/c1-8-41(34(48)32(20-51-41)47-22-44-33-35(43)45-37(42)46-36(33)47)21-50-38(49)52-27-15-17-39(6)26(19-27)11-12-28-30-14-13-29(40(30,7)18-16-31(28)39)25(5)10-9-24(4)23(2)3/h1,11,22-25,27-32,34,48H,9-10,12-21H2,2-7H3,(H2,43,45,46)/t24-,25-,27+,28?,29-,30+,31+,32?,34+,39+,40-,41-/m1/s1. The molecule has 11 heteroatoms. The predicted octanol–water partition coefficient (Wildman–Crippen LogP) is 8.18. The zero-order chi connectivity index (χ0) is 37.2. The summed E-state index contributed by atoms with van der Waals surface area (Å²) in [4.78, 5) is 25.5. The molecule has 10 nitrogen and oxygen atoms in total. The highest BCUT2D eigenvalue weighted by atomic mass is 35.5.